The van der Waals surface area contributed by atoms with Gasteiger partial charge >= 0.3 is 0 Å². The Morgan fingerprint density at radius 2 is 1.80 bits per heavy atom. The predicted octanol–water partition coefficient (Wildman–Crippen LogP) is 7.87. The second-order valence-corrected chi connectivity index (χ2v) is 10.7. The summed E-state index contributed by atoms with van der Waals surface area (Å²) in [6.45, 7) is 3.65. The van der Waals surface area contributed by atoms with E-state index in [9.17, 15) is 18.0 Å². The van der Waals surface area contributed by atoms with Crippen molar-refractivity contribution in [3.8, 4) is 11.1 Å². The number of fused-ring (bicyclic) bond motifs is 1. The van der Waals surface area contributed by atoms with Gasteiger partial charge in [0, 0.05) is 69.4 Å². The van der Waals surface area contributed by atoms with E-state index in [-0.39, 0.29) is 36.3 Å². The van der Waals surface area contributed by atoms with Gasteiger partial charge in [0.25, 0.3) is 0 Å². The Bertz CT molecular complexity index is 1730. The van der Waals surface area contributed by atoms with Gasteiger partial charge in [-0.25, -0.2) is 13.2 Å². The van der Waals surface area contributed by atoms with E-state index in [1.807, 2.05) is 30.5 Å². The molecule has 0 unspecified atom stereocenters. The second kappa shape index (κ2) is 11.5. The van der Waals surface area contributed by atoms with Crippen LogP contribution >= 0.6 is 15.9 Å². The number of carbonyl (C=O) groups excluding carboxylic acids is 1. The number of hydrogen-bond acceptors (Lipinski definition) is 3. The minimum absolute atomic E-state index is 0.0607. The summed E-state index contributed by atoms with van der Waals surface area (Å²) >= 11 is 3.48. The van der Waals surface area contributed by atoms with Crippen molar-refractivity contribution in [3.63, 3.8) is 0 Å². The third-order valence-corrected chi connectivity index (χ3v) is 7.34. The van der Waals surface area contributed by atoms with Gasteiger partial charge < -0.3 is 10.7 Å². The summed E-state index contributed by atoms with van der Waals surface area (Å²) in [6, 6.07) is 17.2. The number of nitrogens with zero attached hydrogens (tertiary/aromatic N) is 1. The highest BCUT2D eigenvalue weighted by atomic mass is 79.9. The van der Waals surface area contributed by atoms with Crippen LogP contribution in [0.4, 0.5) is 13.2 Å². The highest BCUT2D eigenvalue weighted by Gasteiger charge is 2.23. The summed E-state index contributed by atoms with van der Waals surface area (Å²) in [4.78, 5) is 21.3. The summed E-state index contributed by atoms with van der Waals surface area (Å²) in [6.07, 6.45) is 3.83. The highest BCUT2D eigenvalue weighted by Crippen LogP contribution is 2.34. The van der Waals surface area contributed by atoms with Crippen molar-refractivity contribution in [3.05, 3.63) is 130 Å². The fraction of sp³-hybridized carbons (Fsp3) is 0.125. The number of halogens is 4. The van der Waals surface area contributed by atoms with Crippen molar-refractivity contribution in [1.29, 1.82) is 0 Å². The molecule has 40 heavy (non-hydrogen) atoms. The highest BCUT2D eigenvalue weighted by molar-refractivity contribution is 9.10. The number of Topliss-reactive ketones (excluding diaryl/α,β-unsaturated/α-hetero) is 1. The fourth-order valence-corrected chi connectivity index (χ4v) is 5.42. The van der Waals surface area contributed by atoms with E-state index in [4.69, 9.17) is 5.73 Å². The van der Waals surface area contributed by atoms with E-state index in [2.05, 4.69) is 32.5 Å². The first-order valence-corrected chi connectivity index (χ1v) is 13.4. The Kier molecular flexibility index (Phi) is 7.89. The zero-order chi connectivity index (χ0) is 28.4. The number of benzene rings is 3. The molecule has 1 atom stereocenters. The molecule has 0 aliphatic rings. The van der Waals surface area contributed by atoms with Gasteiger partial charge in [-0.1, -0.05) is 34.6 Å². The summed E-state index contributed by atoms with van der Waals surface area (Å²) < 4.78 is 43.5. The summed E-state index contributed by atoms with van der Waals surface area (Å²) in [5.41, 5.74) is 10.1. The quantitative estimate of drug-likeness (QED) is 0.180. The fourth-order valence-electron chi connectivity index (χ4n) is 5.06. The molecule has 3 aromatic carbocycles. The van der Waals surface area contributed by atoms with Crippen molar-refractivity contribution < 1.29 is 18.0 Å². The van der Waals surface area contributed by atoms with Gasteiger partial charge in [0.2, 0.25) is 0 Å². The Balaban J connectivity index is 1.53. The van der Waals surface area contributed by atoms with Crippen LogP contribution in [-0.2, 0) is 17.6 Å². The van der Waals surface area contributed by atoms with E-state index < -0.39 is 23.4 Å². The van der Waals surface area contributed by atoms with E-state index >= 15 is 0 Å². The molecule has 0 fully saturated rings. The van der Waals surface area contributed by atoms with Crippen molar-refractivity contribution in [1.82, 2.24) is 9.97 Å². The zero-order valence-electron chi connectivity index (χ0n) is 21.4. The first-order valence-electron chi connectivity index (χ1n) is 12.6. The van der Waals surface area contributed by atoms with Crippen molar-refractivity contribution in [2.75, 3.05) is 0 Å². The number of nitrogens with two attached hydrogens (primary N) is 1. The molecule has 202 valence electrons. The summed E-state index contributed by atoms with van der Waals surface area (Å²) in [5.74, 6) is -2.48. The SMILES string of the molecule is C=C(N)c1cc(-c2cccnc2[C@@H](CC(=O)Cc2c[nH]c3ccc(Br)cc23)Cc2cc(F)cc(F)c2)ccc1F. The topological polar surface area (TPSA) is 71.8 Å². The molecule has 0 aliphatic carbocycles. The molecule has 5 rings (SSSR count). The Labute approximate surface area is 237 Å². The number of pyridine rings is 1. The number of aromatic amines is 1. The Morgan fingerprint density at radius 1 is 1.02 bits per heavy atom. The molecule has 3 N–H and O–H groups in total. The molecule has 2 heterocycles. The second-order valence-electron chi connectivity index (χ2n) is 9.76. The maximum Gasteiger partial charge on any atom is 0.138 e. The summed E-state index contributed by atoms with van der Waals surface area (Å²) in [5, 5.41) is 0.936. The standard InChI is InChI=1S/C32H25BrF3N3O/c1-18(37)28-14-20(4-6-30(28)36)27-3-2-8-38-32(27)21(9-19-10-24(34)16-25(35)11-19)12-26(40)13-22-17-39-31-7-5-23(33)15-29(22)31/h2-8,10-11,14-17,21,39H,1,9,12-13,37H2/t21-/m1/s1. The maximum absolute atomic E-state index is 14.4. The molecular formula is C32H25BrF3N3O. The van der Waals surface area contributed by atoms with Crippen LogP contribution in [0.5, 0.6) is 0 Å². The predicted molar refractivity (Wildman–Crippen MR) is 155 cm³/mol. The number of carbonyl (C=O) groups is 1. The first kappa shape index (κ1) is 27.4. The van der Waals surface area contributed by atoms with Gasteiger partial charge in [-0.2, -0.15) is 0 Å². The molecule has 5 aromatic rings. The molecule has 0 amide bonds. The van der Waals surface area contributed by atoms with E-state index in [0.717, 1.165) is 27.0 Å². The van der Waals surface area contributed by atoms with Crippen molar-refractivity contribution in [2.24, 2.45) is 5.73 Å². The monoisotopic (exact) mass is 603 g/mol. The molecule has 4 nitrogen and oxygen atoms in total. The molecule has 0 aliphatic heterocycles. The molecule has 8 heteroatoms. The van der Waals surface area contributed by atoms with Crippen LogP contribution < -0.4 is 5.73 Å². The van der Waals surface area contributed by atoms with Crippen molar-refractivity contribution in [2.45, 2.75) is 25.2 Å². The molecule has 0 bridgehead atoms. The molecular weight excluding hydrogens is 579 g/mol. The lowest BCUT2D eigenvalue weighted by Gasteiger charge is -2.20. The number of nitrogens with one attached hydrogen (secondary N) is 1. The molecule has 0 saturated heterocycles. The average molecular weight is 604 g/mol. The van der Waals surface area contributed by atoms with Crippen LogP contribution in [0.25, 0.3) is 27.7 Å². The van der Waals surface area contributed by atoms with Crippen LogP contribution in [0.3, 0.4) is 0 Å². The maximum atomic E-state index is 14.4. The van der Waals surface area contributed by atoms with Gasteiger partial charge in [0.1, 0.15) is 23.2 Å². The van der Waals surface area contributed by atoms with E-state index in [0.29, 0.717) is 22.4 Å². The van der Waals surface area contributed by atoms with Crippen LogP contribution in [0.15, 0.2) is 90.2 Å². The molecule has 2 aromatic heterocycles. The van der Waals surface area contributed by atoms with Gasteiger partial charge in [-0.05, 0) is 71.6 Å². The first-order chi connectivity index (χ1) is 19.2. The Morgan fingerprint density at radius 3 is 2.55 bits per heavy atom. The number of aromatic nitrogens is 2. The molecule has 0 spiro atoms. The largest absolute Gasteiger partial charge is 0.399 e. The molecule has 0 saturated carbocycles. The van der Waals surface area contributed by atoms with Gasteiger partial charge in [0.05, 0.1) is 5.69 Å². The Hall–Kier alpha value is -4.17. The van der Waals surface area contributed by atoms with E-state index in [1.54, 1.807) is 24.4 Å². The van der Waals surface area contributed by atoms with Crippen molar-refractivity contribution >= 4 is 38.3 Å². The normalized spacial score (nSPS) is 12.0. The third kappa shape index (κ3) is 6.02. The minimum Gasteiger partial charge on any atom is -0.399 e. The van der Waals surface area contributed by atoms with Crippen LogP contribution in [0.2, 0.25) is 0 Å². The smallest absolute Gasteiger partial charge is 0.138 e. The number of ketones is 1. The van der Waals surface area contributed by atoms with Gasteiger partial charge in [0.15, 0.2) is 0 Å². The zero-order valence-corrected chi connectivity index (χ0v) is 22.9. The average Bonchev–Trinajstić information content (AvgIpc) is 3.29. The number of H-pyrrole nitrogens is 1. The van der Waals surface area contributed by atoms with Crippen LogP contribution in [0, 0.1) is 17.5 Å². The summed E-state index contributed by atoms with van der Waals surface area (Å²) in [7, 11) is 0. The number of rotatable bonds is 9. The van der Waals surface area contributed by atoms with Crippen LogP contribution in [0.1, 0.15) is 34.7 Å². The lowest BCUT2D eigenvalue weighted by Crippen LogP contribution is -2.14. The third-order valence-electron chi connectivity index (χ3n) is 6.84. The lowest BCUT2D eigenvalue weighted by atomic mass is 9.85. The van der Waals surface area contributed by atoms with Gasteiger partial charge in [-0.3, -0.25) is 9.78 Å². The van der Waals surface area contributed by atoms with Crippen LogP contribution in [-0.4, -0.2) is 15.8 Å². The van der Waals surface area contributed by atoms with E-state index in [1.165, 1.54) is 18.2 Å². The van der Waals surface area contributed by atoms with Gasteiger partial charge in [-0.15, -0.1) is 0 Å². The number of hydrogen-bond donors (Lipinski definition) is 2. The molecule has 0 radical (unpaired) electrons. The lowest BCUT2D eigenvalue weighted by molar-refractivity contribution is -0.118. The minimum atomic E-state index is -0.699.